The molecular weight excluding hydrogens is 204 g/mol. The first-order valence-electron chi connectivity index (χ1n) is 6.27. The van der Waals surface area contributed by atoms with Crippen LogP contribution in [0.2, 0.25) is 0 Å². The summed E-state index contributed by atoms with van der Waals surface area (Å²) in [5.74, 6) is 2.25. The molecule has 2 N–H and O–H groups in total. The highest BCUT2D eigenvalue weighted by Crippen LogP contribution is 2.37. The van der Waals surface area contributed by atoms with Gasteiger partial charge >= 0.3 is 0 Å². The lowest BCUT2D eigenvalue weighted by Gasteiger charge is -2.40. The summed E-state index contributed by atoms with van der Waals surface area (Å²) < 4.78 is 0. The monoisotopic (exact) mass is 228 g/mol. The molecule has 88 valence electrons. The van der Waals surface area contributed by atoms with Crippen LogP contribution in [0, 0.1) is 5.92 Å². The van der Waals surface area contributed by atoms with Gasteiger partial charge in [0.05, 0.1) is 0 Å². The average Bonchev–Trinajstić information content (AvgIpc) is 3.03. The van der Waals surface area contributed by atoms with Gasteiger partial charge in [0.25, 0.3) is 0 Å². The zero-order chi connectivity index (χ0) is 10.8. The molecule has 1 aliphatic heterocycles. The normalized spacial score (nSPS) is 34.4. The Bertz CT molecular complexity index is 206. The summed E-state index contributed by atoms with van der Waals surface area (Å²) in [6.07, 6.45) is 5.56. The summed E-state index contributed by atoms with van der Waals surface area (Å²) in [6, 6.07) is 1.41. The van der Waals surface area contributed by atoms with Crippen molar-refractivity contribution in [3.63, 3.8) is 0 Å². The van der Waals surface area contributed by atoms with Crippen molar-refractivity contribution in [1.82, 2.24) is 4.90 Å². The van der Waals surface area contributed by atoms with Crippen LogP contribution in [-0.4, -0.2) is 41.6 Å². The third-order valence-corrected chi connectivity index (χ3v) is 5.39. The number of hydrogen-bond donors (Lipinski definition) is 1. The molecule has 1 saturated heterocycles. The number of nitrogens with zero attached hydrogens (tertiary/aromatic N) is 1. The van der Waals surface area contributed by atoms with E-state index in [0.29, 0.717) is 6.04 Å². The largest absolute Gasteiger partial charge is 0.329 e. The SMILES string of the molecule is CC1SCCCC1N(C)C(CN)C1CC1. The van der Waals surface area contributed by atoms with Crippen LogP contribution in [0.1, 0.15) is 32.6 Å². The minimum absolute atomic E-state index is 0.649. The van der Waals surface area contributed by atoms with Gasteiger partial charge in [0.15, 0.2) is 0 Å². The Balaban J connectivity index is 1.94. The molecule has 2 nitrogen and oxygen atoms in total. The predicted octanol–water partition coefficient (Wildman–Crippen LogP) is 1.94. The van der Waals surface area contributed by atoms with E-state index in [0.717, 1.165) is 23.8 Å². The summed E-state index contributed by atoms with van der Waals surface area (Å²) in [4.78, 5) is 2.59. The number of rotatable bonds is 4. The predicted molar refractivity (Wildman–Crippen MR) is 68.3 cm³/mol. The summed E-state index contributed by atoms with van der Waals surface area (Å²) in [6.45, 7) is 3.22. The first kappa shape index (κ1) is 11.7. The van der Waals surface area contributed by atoms with Crippen molar-refractivity contribution in [1.29, 1.82) is 0 Å². The van der Waals surface area contributed by atoms with Gasteiger partial charge in [0, 0.05) is 23.9 Å². The zero-order valence-corrected chi connectivity index (χ0v) is 10.8. The van der Waals surface area contributed by atoms with Gasteiger partial charge in [-0.15, -0.1) is 0 Å². The molecule has 0 spiro atoms. The Labute approximate surface area is 98.0 Å². The van der Waals surface area contributed by atoms with Crippen molar-refractivity contribution in [2.45, 2.75) is 49.9 Å². The molecule has 1 heterocycles. The Hall–Kier alpha value is 0.270. The average molecular weight is 228 g/mol. The molecule has 2 aliphatic rings. The van der Waals surface area contributed by atoms with Crippen LogP contribution in [-0.2, 0) is 0 Å². The molecule has 0 aromatic rings. The van der Waals surface area contributed by atoms with Gasteiger partial charge in [0.1, 0.15) is 0 Å². The molecule has 0 amide bonds. The van der Waals surface area contributed by atoms with Crippen molar-refractivity contribution in [3.8, 4) is 0 Å². The van der Waals surface area contributed by atoms with E-state index in [1.165, 1.54) is 31.4 Å². The maximum absolute atomic E-state index is 5.92. The maximum atomic E-state index is 5.92. The third-order valence-electron chi connectivity index (χ3n) is 4.02. The standard InChI is InChI=1S/C12H24N2S/c1-9-11(4-3-7-15-9)14(2)12(8-13)10-5-6-10/h9-12H,3-8,13H2,1-2H3. The van der Waals surface area contributed by atoms with Crippen LogP contribution in [0.5, 0.6) is 0 Å². The summed E-state index contributed by atoms with van der Waals surface area (Å²) in [7, 11) is 2.29. The van der Waals surface area contributed by atoms with Crippen LogP contribution < -0.4 is 5.73 Å². The molecule has 3 unspecified atom stereocenters. The fourth-order valence-corrected chi connectivity index (χ4v) is 4.12. The highest BCUT2D eigenvalue weighted by Gasteiger charge is 2.37. The molecule has 3 atom stereocenters. The fraction of sp³-hybridized carbons (Fsp3) is 1.00. The van der Waals surface area contributed by atoms with E-state index in [9.17, 15) is 0 Å². The van der Waals surface area contributed by atoms with Gasteiger partial charge in [-0.1, -0.05) is 6.92 Å². The molecule has 1 saturated carbocycles. The van der Waals surface area contributed by atoms with Crippen molar-refractivity contribution in [3.05, 3.63) is 0 Å². The molecule has 2 fully saturated rings. The highest BCUT2D eigenvalue weighted by atomic mass is 32.2. The lowest BCUT2D eigenvalue weighted by atomic mass is 10.0. The van der Waals surface area contributed by atoms with E-state index in [1.54, 1.807) is 0 Å². The van der Waals surface area contributed by atoms with Gasteiger partial charge in [-0.3, -0.25) is 4.90 Å². The van der Waals surface area contributed by atoms with Gasteiger partial charge in [-0.05, 0) is 44.4 Å². The number of thioether (sulfide) groups is 1. The van der Waals surface area contributed by atoms with E-state index in [-0.39, 0.29) is 0 Å². The molecular formula is C12H24N2S. The second-order valence-corrected chi connectivity index (χ2v) is 6.58. The quantitative estimate of drug-likeness (QED) is 0.797. The molecule has 1 aliphatic carbocycles. The fourth-order valence-electron chi connectivity index (χ4n) is 2.86. The molecule has 0 radical (unpaired) electrons. The number of likely N-dealkylation sites (N-methyl/N-ethyl adjacent to an activating group) is 1. The maximum Gasteiger partial charge on any atom is 0.0246 e. The van der Waals surface area contributed by atoms with E-state index in [4.69, 9.17) is 5.73 Å². The topological polar surface area (TPSA) is 29.3 Å². The summed E-state index contributed by atoms with van der Waals surface area (Å²) in [5, 5.41) is 0.788. The van der Waals surface area contributed by atoms with Crippen LogP contribution in [0.25, 0.3) is 0 Å². The van der Waals surface area contributed by atoms with E-state index in [2.05, 4.69) is 30.6 Å². The molecule has 15 heavy (non-hydrogen) atoms. The second kappa shape index (κ2) is 5.07. The third kappa shape index (κ3) is 2.69. The van der Waals surface area contributed by atoms with Crippen molar-refractivity contribution in [2.24, 2.45) is 11.7 Å². The lowest BCUT2D eigenvalue weighted by molar-refractivity contribution is 0.148. The van der Waals surface area contributed by atoms with Gasteiger partial charge < -0.3 is 5.73 Å². The molecule has 2 rings (SSSR count). The number of hydrogen-bond acceptors (Lipinski definition) is 3. The van der Waals surface area contributed by atoms with Crippen molar-refractivity contribution < 1.29 is 0 Å². The molecule has 0 aromatic carbocycles. The van der Waals surface area contributed by atoms with E-state index in [1.807, 2.05) is 0 Å². The Kier molecular flexibility index (Phi) is 3.97. The Morgan fingerprint density at radius 3 is 2.67 bits per heavy atom. The van der Waals surface area contributed by atoms with Crippen LogP contribution in [0.15, 0.2) is 0 Å². The molecule has 0 bridgehead atoms. The highest BCUT2D eigenvalue weighted by molar-refractivity contribution is 7.99. The first-order chi connectivity index (χ1) is 7.24. The van der Waals surface area contributed by atoms with Gasteiger partial charge in [-0.25, -0.2) is 0 Å². The lowest BCUT2D eigenvalue weighted by Crippen LogP contribution is -2.50. The first-order valence-corrected chi connectivity index (χ1v) is 7.32. The van der Waals surface area contributed by atoms with Crippen LogP contribution in [0.3, 0.4) is 0 Å². The smallest absolute Gasteiger partial charge is 0.0246 e. The minimum atomic E-state index is 0.649. The van der Waals surface area contributed by atoms with E-state index >= 15 is 0 Å². The van der Waals surface area contributed by atoms with E-state index < -0.39 is 0 Å². The minimum Gasteiger partial charge on any atom is -0.329 e. The second-order valence-electron chi connectivity index (χ2n) is 5.09. The van der Waals surface area contributed by atoms with Crippen LogP contribution >= 0.6 is 11.8 Å². The van der Waals surface area contributed by atoms with Gasteiger partial charge in [-0.2, -0.15) is 11.8 Å². The molecule has 0 aromatic heterocycles. The van der Waals surface area contributed by atoms with Gasteiger partial charge in [0.2, 0.25) is 0 Å². The van der Waals surface area contributed by atoms with Crippen LogP contribution in [0.4, 0.5) is 0 Å². The molecule has 3 heteroatoms. The summed E-state index contributed by atoms with van der Waals surface area (Å²) in [5.41, 5.74) is 5.92. The Morgan fingerprint density at radius 2 is 2.13 bits per heavy atom. The van der Waals surface area contributed by atoms with Crippen molar-refractivity contribution >= 4 is 11.8 Å². The van der Waals surface area contributed by atoms with Crippen molar-refractivity contribution in [2.75, 3.05) is 19.3 Å². The zero-order valence-electron chi connectivity index (χ0n) is 9.98. The number of nitrogens with two attached hydrogens (primary N) is 1. The summed E-state index contributed by atoms with van der Waals surface area (Å²) >= 11 is 2.13. The Morgan fingerprint density at radius 1 is 1.40 bits per heavy atom.